The number of carbonyl (C=O) groups is 1. The van der Waals surface area contributed by atoms with Crippen LogP contribution in [0.1, 0.15) is 13.8 Å². The molecule has 0 heterocycles. The van der Waals surface area contributed by atoms with Crippen LogP contribution >= 0.6 is 0 Å². The third-order valence-corrected chi connectivity index (χ3v) is 1.61. The zero-order valence-electron chi connectivity index (χ0n) is 9.25. The van der Waals surface area contributed by atoms with E-state index >= 15 is 0 Å². The summed E-state index contributed by atoms with van der Waals surface area (Å²) >= 11 is 0. The second kappa shape index (κ2) is 6.62. The molecule has 84 valence electrons. The van der Waals surface area contributed by atoms with Gasteiger partial charge in [-0.25, -0.2) is 4.79 Å². The first-order chi connectivity index (χ1) is 6.58. The lowest BCUT2D eigenvalue weighted by atomic mass is 10.1. The highest BCUT2D eigenvalue weighted by Crippen LogP contribution is 2.05. The Hall–Kier alpha value is -0.810. The molecule has 0 fully saturated rings. The summed E-state index contributed by atoms with van der Waals surface area (Å²) in [5.41, 5.74) is -0.546. The number of nitrogens with one attached hydrogen (secondary N) is 1. The molecular weight excluding hydrogens is 186 g/mol. The Bertz CT molecular complexity index is 166. The van der Waals surface area contributed by atoms with E-state index in [4.69, 9.17) is 14.2 Å². The molecule has 0 bridgehead atoms. The number of alkyl carbamates (subject to hydrolysis) is 1. The van der Waals surface area contributed by atoms with Crippen LogP contribution in [0.2, 0.25) is 0 Å². The molecule has 0 aromatic heterocycles. The van der Waals surface area contributed by atoms with Crippen LogP contribution in [0.4, 0.5) is 4.79 Å². The molecule has 0 unspecified atom stereocenters. The lowest BCUT2D eigenvalue weighted by molar-refractivity contribution is 0.0468. The molecule has 0 aliphatic rings. The Balaban J connectivity index is 4.12. The molecule has 5 heteroatoms. The van der Waals surface area contributed by atoms with Crippen molar-refractivity contribution in [2.45, 2.75) is 19.4 Å². The van der Waals surface area contributed by atoms with Gasteiger partial charge < -0.3 is 19.5 Å². The van der Waals surface area contributed by atoms with Crippen LogP contribution < -0.4 is 5.32 Å². The monoisotopic (exact) mass is 205 g/mol. The first-order valence-corrected chi connectivity index (χ1v) is 4.50. The lowest BCUT2D eigenvalue weighted by Gasteiger charge is -2.28. The predicted molar refractivity (Wildman–Crippen MR) is 52.3 cm³/mol. The minimum atomic E-state index is -0.546. The molecule has 0 aromatic carbocycles. The normalized spacial score (nSPS) is 11.1. The molecule has 5 nitrogen and oxygen atoms in total. The Morgan fingerprint density at radius 3 is 2.14 bits per heavy atom. The molecular formula is C9H19NO4. The van der Waals surface area contributed by atoms with E-state index in [9.17, 15) is 4.79 Å². The Morgan fingerprint density at radius 1 is 1.29 bits per heavy atom. The summed E-state index contributed by atoms with van der Waals surface area (Å²) in [6.45, 7) is 4.68. The minimum Gasteiger partial charge on any atom is -0.450 e. The van der Waals surface area contributed by atoms with Gasteiger partial charge in [-0.05, 0) is 13.8 Å². The van der Waals surface area contributed by atoms with Crippen molar-refractivity contribution in [3.05, 3.63) is 0 Å². The van der Waals surface area contributed by atoms with Crippen molar-refractivity contribution in [3.8, 4) is 0 Å². The van der Waals surface area contributed by atoms with Gasteiger partial charge in [0.25, 0.3) is 0 Å². The molecule has 1 amide bonds. The maximum absolute atomic E-state index is 11.2. The zero-order chi connectivity index (χ0) is 11.0. The predicted octanol–water partition coefficient (Wildman–Crippen LogP) is 0.784. The molecule has 0 rings (SSSR count). The summed E-state index contributed by atoms with van der Waals surface area (Å²) in [7, 11) is 3.14. The van der Waals surface area contributed by atoms with Gasteiger partial charge in [0.2, 0.25) is 0 Å². The number of hydrogen-bond acceptors (Lipinski definition) is 4. The summed E-state index contributed by atoms with van der Waals surface area (Å²) in [6.07, 6.45) is -0.455. The van der Waals surface area contributed by atoms with Gasteiger partial charge in [-0.2, -0.15) is 0 Å². The molecule has 14 heavy (non-hydrogen) atoms. The van der Waals surface area contributed by atoms with Gasteiger partial charge in [0, 0.05) is 14.2 Å². The maximum Gasteiger partial charge on any atom is 0.407 e. The van der Waals surface area contributed by atoms with Crippen LogP contribution in [0, 0.1) is 0 Å². The number of carbonyl (C=O) groups excluding carboxylic acids is 1. The Labute approximate surface area is 84.7 Å². The fraction of sp³-hybridized carbons (Fsp3) is 0.889. The van der Waals surface area contributed by atoms with Crippen LogP contribution in [0.25, 0.3) is 0 Å². The van der Waals surface area contributed by atoms with Gasteiger partial charge in [-0.1, -0.05) is 0 Å². The smallest absolute Gasteiger partial charge is 0.407 e. The van der Waals surface area contributed by atoms with Crippen LogP contribution in [-0.2, 0) is 14.2 Å². The van der Waals surface area contributed by atoms with Gasteiger partial charge in [-0.3, -0.25) is 0 Å². The summed E-state index contributed by atoms with van der Waals surface area (Å²) in [5, 5.41) is 2.68. The Morgan fingerprint density at radius 2 is 1.79 bits per heavy atom. The third-order valence-electron chi connectivity index (χ3n) is 1.61. The molecule has 0 spiro atoms. The molecule has 0 atom stereocenters. The molecule has 0 aliphatic carbocycles. The Kier molecular flexibility index (Phi) is 6.23. The highest BCUT2D eigenvalue weighted by atomic mass is 16.5. The van der Waals surface area contributed by atoms with Crippen molar-refractivity contribution in [1.82, 2.24) is 5.32 Å². The zero-order valence-corrected chi connectivity index (χ0v) is 9.25. The highest BCUT2D eigenvalue weighted by molar-refractivity contribution is 5.68. The third kappa shape index (κ3) is 5.04. The topological polar surface area (TPSA) is 56.8 Å². The van der Waals surface area contributed by atoms with Crippen molar-refractivity contribution in [2.75, 3.05) is 34.0 Å². The van der Waals surface area contributed by atoms with E-state index in [0.29, 0.717) is 19.8 Å². The van der Waals surface area contributed by atoms with E-state index in [1.165, 1.54) is 0 Å². The summed E-state index contributed by atoms with van der Waals surface area (Å²) < 4.78 is 14.7. The largest absolute Gasteiger partial charge is 0.450 e. The molecule has 0 saturated heterocycles. The molecule has 0 radical (unpaired) electrons. The average molecular weight is 205 g/mol. The van der Waals surface area contributed by atoms with Crippen LogP contribution in [0.5, 0.6) is 0 Å². The van der Waals surface area contributed by atoms with E-state index in [0.717, 1.165) is 0 Å². The maximum atomic E-state index is 11.2. The fourth-order valence-electron chi connectivity index (χ4n) is 1.16. The average Bonchev–Trinajstić information content (AvgIpc) is 2.04. The number of amides is 1. The summed E-state index contributed by atoms with van der Waals surface area (Å²) in [6, 6.07) is 0. The number of ether oxygens (including phenoxy) is 3. The highest BCUT2D eigenvalue weighted by Gasteiger charge is 2.26. The van der Waals surface area contributed by atoms with Gasteiger partial charge >= 0.3 is 6.09 Å². The van der Waals surface area contributed by atoms with Crippen molar-refractivity contribution >= 4 is 6.09 Å². The van der Waals surface area contributed by atoms with Crippen molar-refractivity contribution in [1.29, 1.82) is 0 Å². The molecule has 0 aromatic rings. The minimum absolute atomic E-state index is 0.349. The quantitative estimate of drug-likeness (QED) is 0.696. The van der Waals surface area contributed by atoms with Gasteiger partial charge in [-0.15, -0.1) is 0 Å². The van der Waals surface area contributed by atoms with Gasteiger partial charge in [0.05, 0.1) is 25.4 Å². The van der Waals surface area contributed by atoms with E-state index in [2.05, 4.69) is 5.32 Å². The lowest BCUT2D eigenvalue weighted by Crippen LogP contribution is -2.52. The van der Waals surface area contributed by atoms with Crippen LogP contribution in [0.3, 0.4) is 0 Å². The standard InChI is InChI=1S/C9H19NO4/c1-5-14-8(11)10-9(2,6-12-3)7-13-4/h5-7H2,1-4H3,(H,10,11). The van der Waals surface area contributed by atoms with E-state index < -0.39 is 11.6 Å². The first kappa shape index (κ1) is 13.2. The SMILES string of the molecule is CCOC(=O)NC(C)(COC)COC. The molecule has 1 N–H and O–H groups in total. The van der Waals surface area contributed by atoms with Crippen molar-refractivity contribution in [2.24, 2.45) is 0 Å². The number of methoxy groups -OCH3 is 2. The molecule has 0 aliphatic heterocycles. The van der Waals surface area contributed by atoms with Gasteiger partial charge in [0.15, 0.2) is 0 Å². The first-order valence-electron chi connectivity index (χ1n) is 4.50. The van der Waals surface area contributed by atoms with Crippen molar-refractivity contribution < 1.29 is 19.0 Å². The van der Waals surface area contributed by atoms with E-state index in [1.807, 2.05) is 6.92 Å². The van der Waals surface area contributed by atoms with Gasteiger partial charge in [0.1, 0.15) is 0 Å². The van der Waals surface area contributed by atoms with E-state index in [-0.39, 0.29) is 0 Å². The second-order valence-electron chi connectivity index (χ2n) is 3.27. The van der Waals surface area contributed by atoms with Crippen LogP contribution in [0.15, 0.2) is 0 Å². The fourth-order valence-corrected chi connectivity index (χ4v) is 1.16. The number of hydrogen-bond donors (Lipinski definition) is 1. The van der Waals surface area contributed by atoms with Crippen LogP contribution in [-0.4, -0.2) is 45.7 Å². The summed E-state index contributed by atoms with van der Waals surface area (Å²) in [4.78, 5) is 11.2. The second-order valence-corrected chi connectivity index (χ2v) is 3.27. The molecule has 0 saturated carbocycles. The van der Waals surface area contributed by atoms with E-state index in [1.54, 1.807) is 21.1 Å². The number of rotatable bonds is 6. The summed E-state index contributed by atoms with van der Waals surface area (Å²) in [5.74, 6) is 0. The van der Waals surface area contributed by atoms with Crippen molar-refractivity contribution in [3.63, 3.8) is 0 Å².